The Morgan fingerprint density at radius 2 is 2.06 bits per heavy atom. The van der Waals surface area contributed by atoms with Crippen LogP contribution in [0.25, 0.3) is 0 Å². The Balaban J connectivity index is 2.34. The van der Waals surface area contributed by atoms with Crippen LogP contribution < -0.4 is 21.3 Å². The number of nitrogens with zero attached hydrogens (tertiary/aromatic N) is 2. The van der Waals surface area contributed by atoms with E-state index in [0.29, 0.717) is 23.1 Å². The van der Waals surface area contributed by atoms with E-state index in [-0.39, 0.29) is 5.82 Å². The van der Waals surface area contributed by atoms with E-state index in [4.69, 9.17) is 10.6 Å². The summed E-state index contributed by atoms with van der Waals surface area (Å²) in [5, 5.41) is 2.93. The van der Waals surface area contributed by atoms with Crippen LogP contribution in [0.15, 0.2) is 30.6 Å². The molecule has 0 aliphatic rings. The number of aromatic nitrogens is 2. The van der Waals surface area contributed by atoms with Gasteiger partial charge in [-0.1, -0.05) is 6.07 Å². The van der Waals surface area contributed by atoms with E-state index in [9.17, 15) is 4.39 Å². The van der Waals surface area contributed by atoms with Gasteiger partial charge in [-0.05, 0) is 18.2 Å². The Kier molecular flexibility index (Phi) is 3.54. The number of nitrogens with one attached hydrogen (secondary N) is 2. The molecule has 0 fully saturated rings. The van der Waals surface area contributed by atoms with Crippen LogP contribution in [0.5, 0.6) is 5.75 Å². The van der Waals surface area contributed by atoms with Gasteiger partial charge < -0.3 is 15.5 Å². The lowest BCUT2D eigenvalue weighted by Crippen LogP contribution is -2.11. The van der Waals surface area contributed by atoms with E-state index < -0.39 is 0 Å². The number of rotatable bonds is 4. The first-order valence-electron chi connectivity index (χ1n) is 5.13. The summed E-state index contributed by atoms with van der Waals surface area (Å²) in [5.41, 5.74) is 2.94. The lowest BCUT2D eigenvalue weighted by Gasteiger charge is -2.12. The van der Waals surface area contributed by atoms with Gasteiger partial charge in [-0.15, -0.1) is 0 Å². The maximum Gasteiger partial charge on any atom is 0.205 e. The van der Waals surface area contributed by atoms with Crippen molar-refractivity contribution in [3.63, 3.8) is 0 Å². The Hall–Kier alpha value is -2.41. The van der Waals surface area contributed by atoms with Crippen LogP contribution in [0.2, 0.25) is 0 Å². The van der Waals surface area contributed by atoms with Crippen LogP contribution in [-0.4, -0.2) is 17.1 Å². The molecule has 0 aliphatic heterocycles. The number of halogens is 1. The number of hydrogen-bond donors (Lipinski definition) is 3. The van der Waals surface area contributed by atoms with Crippen molar-refractivity contribution in [1.29, 1.82) is 0 Å². The van der Waals surface area contributed by atoms with E-state index in [1.54, 1.807) is 12.1 Å². The van der Waals surface area contributed by atoms with Crippen molar-refractivity contribution in [2.24, 2.45) is 5.84 Å². The molecule has 1 aromatic heterocycles. The van der Waals surface area contributed by atoms with Gasteiger partial charge in [0.1, 0.15) is 12.1 Å². The molecule has 0 saturated carbocycles. The molecule has 0 unspecified atom stereocenters. The number of nitrogens with two attached hydrogens (primary N) is 1. The van der Waals surface area contributed by atoms with E-state index >= 15 is 0 Å². The Morgan fingerprint density at radius 3 is 2.72 bits per heavy atom. The fraction of sp³-hybridized carbons (Fsp3) is 0.0909. The molecule has 0 radical (unpaired) electrons. The normalized spacial score (nSPS) is 9.94. The van der Waals surface area contributed by atoms with Crippen LogP contribution in [0.1, 0.15) is 0 Å². The molecule has 1 aromatic carbocycles. The van der Waals surface area contributed by atoms with Gasteiger partial charge in [-0.25, -0.2) is 20.2 Å². The Morgan fingerprint density at radius 1 is 1.28 bits per heavy atom. The highest BCUT2D eigenvalue weighted by Crippen LogP contribution is 2.30. The number of hydrazine groups is 1. The van der Waals surface area contributed by atoms with Crippen molar-refractivity contribution >= 4 is 17.3 Å². The Labute approximate surface area is 103 Å². The minimum atomic E-state index is -0.342. The molecule has 0 aliphatic carbocycles. The molecule has 7 heteroatoms. The number of ether oxygens (including phenoxy) is 1. The molecule has 0 spiro atoms. The third-order valence-corrected chi connectivity index (χ3v) is 2.23. The number of hydrogen-bond acceptors (Lipinski definition) is 6. The second-order valence-corrected chi connectivity index (χ2v) is 3.38. The fourth-order valence-electron chi connectivity index (χ4n) is 1.46. The van der Waals surface area contributed by atoms with Crippen molar-refractivity contribution in [2.45, 2.75) is 0 Å². The second-order valence-electron chi connectivity index (χ2n) is 3.38. The van der Waals surface area contributed by atoms with Gasteiger partial charge >= 0.3 is 0 Å². The van der Waals surface area contributed by atoms with E-state index in [1.807, 2.05) is 0 Å². The number of nitrogen functional groups attached to an aromatic ring is 1. The predicted molar refractivity (Wildman–Crippen MR) is 66.1 cm³/mol. The van der Waals surface area contributed by atoms with Gasteiger partial charge in [0.05, 0.1) is 7.11 Å². The van der Waals surface area contributed by atoms with Crippen LogP contribution in [0.4, 0.5) is 21.7 Å². The van der Waals surface area contributed by atoms with Crippen LogP contribution in [-0.2, 0) is 0 Å². The summed E-state index contributed by atoms with van der Waals surface area (Å²) in [6.07, 6.45) is 1.32. The van der Waals surface area contributed by atoms with Crippen molar-refractivity contribution in [3.8, 4) is 5.75 Å². The fourth-order valence-corrected chi connectivity index (χ4v) is 1.46. The zero-order chi connectivity index (χ0) is 13.0. The first-order chi connectivity index (χ1) is 8.74. The minimum Gasteiger partial charge on any atom is -0.490 e. The zero-order valence-electron chi connectivity index (χ0n) is 9.64. The molecule has 0 saturated heterocycles. The monoisotopic (exact) mass is 249 g/mol. The molecule has 6 nitrogen and oxygen atoms in total. The summed E-state index contributed by atoms with van der Waals surface area (Å²) in [5.74, 6) is 6.05. The highest BCUT2D eigenvalue weighted by atomic mass is 19.1. The van der Waals surface area contributed by atoms with Crippen molar-refractivity contribution in [1.82, 2.24) is 9.97 Å². The van der Waals surface area contributed by atoms with Gasteiger partial charge in [-0.3, -0.25) is 0 Å². The standard InChI is InChI=1S/C11H12FN5O/c1-18-9-10(14-6-15-11(9)17-13)16-8-4-2-3-7(12)5-8/h2-6H,13H2,1H3,(H2,14,15,16,17). The quantitative estimate of drug-likeness (QED) is 0.564. The Bertz CT molecular complexity index is 549. The van der Waals surface area contributed by atoms with E-state index in [2.05, 4.69) is 20.7 Å². The maximum atomic E-state index is 13.1. The van der Waals surface area contributed by atoms with Gasteiger partial charge in [0.15, 0.2) is 11.6 Å². The number of anilines is 3. The summed E-state index contributed by atoms with van der Waals surface area (Å²) < 4.78 is 18.2. The number of methoxy groups -OCH3 is 1. The molecular formula is C11H12FN5O. The highest BCUT2D eigenvalue weighted by Gasteiger charge is 2.11. The minimum absolute atomic E-state index is 0.339. The van der Waals surface area contributed by atoms with Crippen LogP contribution >= 0.6 is 0 Å². The average molecular weight is 249 g/mol. The first-order valence-corrected chi connectivity index (χ1v) is 5.13. The molecule has 2 rings (SSSR count). The topological polar surface area (TPSA) is 85.1 Å². The van der Waals surface area contributed by atoms with E-state index in [1.165, 1.54) is 25.6 Å². The third kappa shape index (κ3) is 2.46. The summed E-state index contributed by atoms with van der Waals surface area (Å²) in [7, 11) is 1.47. The van der Waals surface area contributed by atoms with Gasteiger partial charge in [0, 0.05) is 5.69 Å². The summed E-state index contributed by atoms with van der Waals surface area (Å²) in [6, 6.07) is 6.00. The predicted octanol–water partition coefficient (Wildman–Crippen LogP) is 1.65. The van der Waals surface area contributed by atoms with Crippen LogP contribution in [0, 0.1) is 5.82 Å². The molecule has 1 heterocycles. The van der Waals surface area contributed by atoms with Crippen LogP contribution in [0.3, 0.4) is 0 Å². The lowest BCUT2D eigenvalue weighted by atomic mass is 10.3. The summed E-state index contributed by atoms with van der Waals surface area (Å²) >= 11 is 0. The lowest BCUT2D eigenvalue weighted by molar-refractivity contribution is 0.415. The van der Waals surface area contributed by atoms with Gasteiger partial charge in [0.25, 0.3) is 0 Å². The average Bonchev–Trinajstić information content (AvgIpc) is 2.38. The number of benzene rings is 1. The largest absolute Gasteiger partial charge is 0.490 e. The smallest absolute Gasteiger partial charge is 0.205 e. The SMILES string of the molecule is COc1c(NN)ncnc1Nc1cccc(F)c1. The zero-order valence-corrected chi connectivity index (χ0v) is 9.64. The summed E-state index contributed by atoms with van der Waals surface area (Å²) in [6.45, 7) is 0. The highest BCUT2D eigenvalue weighted by molar-refractivity contribution is 5.68. The maximum absolute atomic E-state index is 13.1. The molecular weight excluding hydrogens is 237 g/mol. The van der Waals surface area contributed by atoms with Crippen molar-refractivity contribution in [3.05, 3.63) is 36.4 Å². The molecule has 0 bridgehead atoms. The molecule has 0 amide bonds. The third-order valence-electron chi connectivity index (χ3n) is 2.23. The summed E-state index contributed by atoms with van der Waals surface area (Å²) in [4.78, 5) is 7.92. The van der Waals surface area contributed by atoms with Crippen molar-refractivity contribution < 1.29 is 9.13 Å². The molecule has 18 heavy (non-hydrogen) atoms. The molecule has 0 atom stereocenters. The van der Waals surface area contributed by atoms with E-state index in [0.717, 1.165) is 0 Å². The van der Waals surface area contributed by atoms with Gasteiger partial charge in [0.2, 0.25) is 5.75 Å². The first kappa shape index (κ1) is 12.1. The van der Waals surface area contributed by atoms with Gasteiger partial charge in [-0.2, -0.15) is 0 Å². The molecule has 94 valence electrons. The second kappa shape index (κ2) is 5.28. The van der Waals surface area contributed by atoms with Crippen molar-refractivity contribution in [2.75, 3.05) is 17.9 Å². The molecule has 2 aromatic rings. The molecule has 4 N–H and O–H groups in total.